The number of hydrogen-bond acceptors (Lipinski definition) is 4. The van der Waals surface area contributed by atoms with Gasteiger partial charge in [-0.3, -0.25) is 0 Å². The average molecular weight is 239 g/mol. The number of hydrogen-bond donors (Lipinski definition) is 1. The molecule has 3 nitrogen and oxygen atoms in total. The van der Waals surface area contributed by atoms with E-state index in [1.54, 1.807) is 24.9 Å². The van der Waals surface area contributed by atoms with Crippen LogP contribution in [0.2, 0.25) is 0 Å². The van der Waals surface area contributed by atoms with Crippen molar-refractivity contribution in [3.8, 4) is 0 Å². The van der Waals surface area contributed by atoms with Crippen molar-refractivity contribution in [2.45, 2.75) is 37.0 Å². The zero-order valence-electron chi connectivity index (χ0n) is 9.43. The van der Waals surface area contributed by atoms with Gasteiger partial charge in [-0.1, -0.05) is 6.07 Å². The van der Waals surface area contributed by atoms with Gasteiger partial charge in [0.05, 0.1) is 17.2 Å². The number of ether oxygens (including phenoxy) is 1. The maximum atomic E-state index is 9.35. The summed E-state index contributed by atoms with van der Waals surface area (Å²) in [4.78, 5) is 4.31. The maximum absolute atomic E-state index is 9.35. The molecule has 1 N–H and O–H groups in total. The van der Waals surface area contributed by atoms with Crippen molar-refractivity contribution in [1.29, 1.82) is 0 Å². The molecule has 4 heteroatoms. The van der Waals surface area contributed by atoms with Crippen molar-refractivity contribution in [1.82, 2.24) is 4.98 Å². The fourth-order valence-electron chi connectivity index (χ4n) is 1.68. The van der Waals surface area contributed by atoms with Crippen molar-refractivity contribution in [2.75, 3.05) is 12.4 Å². The summed E-state index contributed by atoms with van der Waals surface area (Å²) < 4.78 is 5.55. The average Bonchev–Trinajstić information content (AvgIpc) is 2.80. The van der Waals surface area contributed by atoms with E-state index in [0.29, 0.717) is 6.10 Å². The highest BCUT2D eigenvalue weighted by Crippen LogP contribution is 2.23. The summed E-state index contributed by atoms with van der Waals surface area (Å²) in [5.41, 5.74) is 0.862. The summed E-state index contributed by atoms with van der Waals surface area (Å²) in [6.07, 6.45) is 4.04. The molecule has 88 valence electrons. The molecule has 0 spiro atoms. The molecular weight excluding hydrogens is 222 g/mol. The number of aliphatic hydroxyl groups is 1. The van der Waals surface area contributed by atoms with Crippen LogP contribution in [0.5, 0.6) is 0 Å². The van der Waals surface area contributed by atoms with E-state index < -0.39 is 6.10 Å². The highest BCUT2D eigenvalue weighted by Gasteiger charge is 2.15. The van der Waals surface area contributed by atoms with Crippen molar-refractivity contribution in [2.24, 2.45) is 0 Å². The lowest BCUT2D eigenvalue weighted by atomic mass is 10.2. The number of pyridine rings is 1. The van der Waals surface area contributed by atoms with Gasteiger partial charge in [-0.2, -0.15) is 0 Å². The number of rotatable bonds is 4. The van der Waals surface area contributed by atoms with Gasteiger partial charge in [0.25, 0.3) is 0 Å². The van der Waals surface area contributed by atoms with Gasteiger partial charge < -0.3 is 9.84 Å². The topological polar surface area (TPSA) is 42.4 Å². The summed E-state index contributed by atoms with van der Waals surface area (Å²) >= 11 is 1.72. The Morgan fingerprint density at radius 1 is 1.62 bits per heavy atom. The summed E-state index contributed by atoms with van der Waals surface area (Å²) in [5.74, 6) is 0.973. The van der Waals surface area contributed by atoms with Gasteiger partial charge >= 0.3 is 0 Å². The molecule has 0 aromatic carbocycles. The zero-order valence-corrected chi connectivity index (χ0v) is 10.2. The lowest BCUT2D eigenvalue weighted by Crippen LogP contribution is -2.07. The van der Waals surface area contributed by atoms with Gasteiger partial charge in [-0.05, 0) is 31.4 Å². The van der Waals surface area contributed by atoms with Crippen LogP contribution in [0.4, 0.5) is 0 Å². The Morgan fingerprint density at radius 2 is 2.50 bits per heavy atom. The van der Waals surface area contributed by atoms with Crippen LogP contribution in [0.3, 0.4) is 0 Å². The van der Waals surface area contributed by atoms with Crippen LogP contribution < -0.4 is 0 Å². The molecule has 1 fully saturated rings. The Hall–Kier alpha value is -0.580. The molecular formula is C12H17NO2S. The highest BCUT2D eigenvalue weighted by atomic mass is 32.2. The summed E-state index contributed by atoms with van der Waals surface area (Å²) in [6, 6.07) is 3.89. The first-order valence-corrected chi connectivity index (χ1v) is 6.62. The van der Waals surface area contributed by atoms with Crippen molar-refractivity contribution < 1.29 is 9.84 Å². The minimum Gasteiger partial charge on any atom is -0.389 e. The molecule has 1 aliphatic heterocycles. The van der Waals surface area contributed by atoms with E-state index in [9.17, 15) is 5.11 Å². The molecule has 2 heterocycles. The SMILES string of the molecule is CC(O)c1ccc(SCC2CCCO2)nc1. The molecule has 0 saturated carbocycles. The predicted octanol–water partition coefficient (Wildman–Crippen LogP) is 2.41. The monoisotopic (exact) mass is 239 g/mol. The van der Waals surface area contributed by atoms with E-state index >= 15 is 0 Å². The first kappa shape index (κ1) is 11.9. The number of nitrogens with zero attached hydrogens (tertiary/aromatic N) is 1. The number of aliphatic hydroxyl groups excluding tert-OH is 1. The number of thioether (sulfide) groups is 1. The first-order chi connectivity index (χ1) is 7.75. The third-order valence-corrected chi connectivity index (χ3v) is 3.76. The van der Waals surface area contributed by atoms with Crippen LogP contribution >= 0.6 is 11.8 Å². The third-order valence-electron chi connectivity index (χ3n) is 2.68. The standard InChI is InChI=1S/C12H17NO2S/c1-9(14)10-4-5-12(13-7-10)16-8-11-3-2-6-15-11/h4-5,7,9,11,14H,2-3,6,8H2,1H3. The van der Waals surface area contributed by atoms with E-state index in [4.69, 9.17) is 4.74 Å². The maximum Gasteiger partial charge on any atom is 0.0960 e. The van der Waals surface area contributed by atoms with Gasteiger partial charge in [0.1, 0.15) is 0 Å². The molecule has 1 aromatic heterocycles. The van der Waals surface area contributed by atoms with Crippen molar-refractivity contribution >= 4 is 11.8 Å². The molecule has 1 saturated heterocycles. The Kier molecular flexibility index (Phi) is 4.21. The summed E-state index contributed by atoms with van der Waals surface area (Å²) in [5, 5.41) is 10.4. The molecule has 0 bridgehead atoms. The van der Waals surface area contributed by atoms with Crippen molar-refractivity contribution in [3.05, 3.63) is 23.9 Å². The second-order valence-corrected chi connectivity index (χ2v) is 5.09. The molecule has 2 atom stereocenters. The van der Waals surface area contributed by atoms with E-state index in [1.807, 2.05) is 12.1 Å². The van der Waals surface area contributed by atoms with Gasteiger partial charge in [-0.25, -0.2) is 4.98 Å². The molecule has 2 unspecified atom stereocenters. The third kappa shape index (κ3) is 3.20. The normalized spacial score (nSPS) is 22.2. The molecule has 16 heavy (non-hydrogen) atoms. The van der Waals surface area contributed by atoms with Gasteiger partial charge in [0.15, 0.2) is 0 Å². The van der Waals surface area contributed by atoms with Crippen molar-refractivity contribution in [3.63, 3.8) is 0 Å². The predicted molar refractivity (Wildman–Crippen MR) is 64.6 cm³/mol. The van der Waals surface area contributed by atoms with Gasteiger partial charge in [0, 0.05) is 18.6 Å². The fourth-order valence-corrected chi connectivity index (χ4v) is 2.59. The Balaban J connectivity index is 1.84. The second-order valence-electron chi connectivity index (χ2n) is 4.05. The minimum absolute atomic E-state index is 0.392. The quantitative estimate of drug-likeness (QED) is 0.819. The van der Waals surface area contributed by atoms with E-state index in [-0.39, 0.29) is 0 Å². The van der Waals surface area contributed by atoms with Crippen LogP contribution in [-0.2, 0) is 4.74 Å². The number of aromatic nitrogens is 1. The van der Waals surface area contributed by atoms with Gasteiger partial charge in [0.2, 0.25) is 0 Å². The molecule has 0 amide bonds. The minimum atomic E-state index is -0.440. The van der Waals surface area contributed by atoms with Crippen LogP contribution in [-0.4, -0.2) is 28.6 Å². The zero-order chi connectivity index (χ0) is 11.4. The molecule has 0 aliphatic carbocycles. The lowest BCUT2D eigenvalue weighted by molar-refractivity contribution is 0.129. The summed E-state index contributed by atoms with van der Waals surface area (Å²) in [6.45, 7) is 2.65. The van der Waals surface area contributed by atoms with E-state index in [2.05, 4.69) is 4.98 Å². The second kappa shape index (κ2) is 5.66. The fraction of sp³-hybridized carbons (Fsp3) is 0.583. The Bertz CT molecular complexity index is 320. The Labute approximate surface area is 100 Å². The highest BCUT2D eigenvalue weighted by molar-refractivity contribution is 7.99. The smallest absolute Gasteiger partial charge is 0.0960 e. The van der Waals surface area contributed by atoms with E-state index in [0.717, 1.165) is 22.9 Å². The van der Waals surface area contributed by atoms with Gasteiger partial charge in [-0.15, -0.1) is 11.8 Å². The molecule has 2 rings (SSSR count). The largest absolute Gasteiger partial charge is 0.389 e. The lowest BCUT2D eigenvalue weighted by Gasteiger charge is -2.09. The van der Waals surface area contributed by atoms with Crippen LogP contribution in [0, 0.1) is 0 Å². The first-order valence-electron chi connectivity index (χ1n) is 5.64. The molecule has 1 aliphatic rings. The van der Waals surface area contributed by atoms with Crippen LogP contribution in [0.15, 0.2) is 23.4 Å². The van der Waals surface area contributed by atoms with Crippen LogP contribution in [0.1, 0.15) is 31.4 Å². The van der Waals surface area contributed by atoms with E-state index in [1.165, 1.54) is 12.8 Å². The van der Waals surface area contributed by atoms with Crippen LogP contribution in [0.25, 0.3) is 0 Å². The molecule has 1 aromatic rings. The summed E-state index contributed by atoms with van der Waals surface area (Å²) in [7, 11) is 0. The Morgan fingerprint density at radius 3 is 3.06 bits per heavy atom. The molecule has 0 radical (unpaired) electrons.